The summed E-state index contributed by atoms with van der Waals surface area (Å²) in [5.74, 6) is 0.567. The molecule has 0 unspecified atom stereocenters. The minimum absolute atomic E-state index is 0.0678. The molecule has 4 N–H and O–H groups in total. The van der Waals surface area contributed by atoms with Crippen LogP contribution in [-0.2, 0) is 0 Å². The number of nitrogens with one attached hydrogen (secondary N) is 4. The van der Waals surface area contributed by atoms with Gasteiger partial charge in [-0.1, -0.05) is 13.8 Å². The Morgan fingerprint density at radius 1 is 0.824 bits per heavy atom. The van der Waals surface area contributed by atoms with Crippen LogP contribution in [0.4, 0.5) is 0 Å². The van der Waals surface area contributed by atoms with Crippen molar-refractivity contribution >= 4 is 8.72 Å². The van der Waals surface area contributed by atoms with Gasteiger partial charge in [-0.2, -0.15) is 0 Å². The molecule has 0 aromatic rings. The SMILES string of the molecule is CN[Si](NC)(NC(C)(C)C)NC(C)(C)C(C)C. The molecule has 104 valence electrons. The number of hydrogen-bond donors (Lipinski definition) is 4. The van der Waals surface area contributed by atoms with Crippen LogP contribution in [0.3, 0.4) is 0 Å². The summed E-state index contributed by atoms with van der Waals surface area (Å²) in [7, 11) is 1.93. The lowest BCUT2D eigenvalue weighted by Crippen LogP contribution is -2.85. The monoisotopic (exact) mass is 260 g/mol. The largest absolute Gasteiger partial charge is 0.366 e. The Labute approximate surface area is 109 Å². The lowest BCUT2D eigenvalue weighted by atomic mass is 9.92. The fourth-order valence-electron chi connectivity index (χ4n) is 1.60. The standard InChI is InChI=1S/C12H32N4Si/c1-10(2)12(6,7)16-17(13-8,14-9)15-11(3,4)5/h10,13-16H,1-9H3. The zero-order chi connectivity index (χ0) is 13.9. The van der Waals surface area contributed by atoms with Gasteiger partial charge in [0.05, 0.1) is 0 Å². The molecule has 0 rings (SSSR count). The van der Waals surface area contributed by atoms with Crippen LogP contribution < -0.4 is 19.9 Å². The molecule has 0 aliphatic rings. The van der Waals surface area contributed by atoms with E-state index in [4.69, 9.17) is 0 Å². The molecule has 0 spiro atoms. The summed E-state index contributed by atoms with van der Waals surface area (Å²) in [4.78, 5) is 14.3. The molecule has 0 atom stereocenters. The van der Waals surface area contributed by atoms with E-state index in [9.17, 15) is 0 Å². The van der Waals surface area contributed by atoms with E-state index in [1.165, 1.54) is 0 Å². The zero-order valence-electron chi connectivity index (χ0n) is 13.1. The summed E-state index contributed by atoms with van der Waals surface area (Å²) in [6.45, 7) is 15.6. The summed E-state index contributed by atoms with van der Waals surface area (Å²) in [5, 5.41) is 0. The second-order valence-corrected chi connectivity index (χ2v) is 9.63. The summed E-state index contributed by atoms with van der Waals surface area (Å²) in [6.07, 6.45) is 0. The highest BCUT2D eigenvalue weighted by Crippen LogP contribution is 2.16. The molecule has 0 aromatic heterocycles. The van der Waals surface area contributed by atoms with E-state index < -0.39 is 8.72 Å². The Bertz CT molecular complexity index is 229. The zero-order valence-corrected chi connectivity index (χ0v) is 14.1. The normalized spacial score (nSPS) is 14.5. The molecular formula is C12H32N4Si. The summed E-state index contributed by atoms with van der Waals surface area (Å²) < 4.78 is 0. The van der Waals surface area contributed by atoms with Gasteiger partial charge < -0.3 is 9.96 Å². The predicted molar refractivity (Wildman–Crippen MR) is 78.8 cm³/mol. The van der Waals surface area contributed by atoms with Gasteiger partial charge in [-0.3, -0.25) is 9.96 Å². The van der Waals surface area contributed by atoms with Gasteiger partial charge in [0.15, 0.2) is 0 Å². The van der Waals surface area contributed by atoms with Crippen molar-refractivity contribution in [1.82, 2.24) is 19.9 Å². The molecule has 0 saturated carbocycles. The molecule has 4 nitrogen and oxygen atoms in total. The molecule has 0 saturated heterocycles. The van der Waals surface area contributed by atoms with E-state index in [2.05, 4.69) is 68.4 Å². The minimum Gasteiger partial charge on any atom is -0.303 e. The van der Waals surface area contributed by atoms with E-state index in [1.807, 2.05) is 14.1 Å². The molecule has 0 aromatic carbocycles. The molecule has 5 heteroatoms. The third-order valence-electron chi connectivity index (χ3n) is 3.27. The van der Waals surface area contributed by atoms with Gasteiger partial charge in [-0.15, -0.1) is 0 Å². The van der Waals surface area contributed by atoms with Crippen molar-refractivity contribution in [1.29, 1.82) is 0 Å². The maximum Gasteiger partial charge on any atom is 0.366 e. The van der Waals surface area contributed by atoms with Gasteiger partial charge in [0.25, 0.3) is 0 Å². The fourth-order valence-corrected chi connectivity index (χ4v) is 4.79. The highest BCUT2D eigenvalue weighted by atomic mass is 28.4. The van der Waals surface area contributed by atoms with Crippen molar-refractivity contribution in [3.8, 4) is 0 Å². The van der Waals surface area contributed by atoms with Crippen LogP contribution >= 0.6 is 0 Å². The summed E-state index contributed by atoms with van der Waals surface area (Å²) in [5.41, 5.74) is 0.148. The topological polar surface area (TPSA) is 48.1 Å². The van der Waals surface area contributed by atoms with Crippen LogP contribution in [0.25, 0.3) is 0 Å². The Morgan fingerprint density at radius 2 is 1.24 bits per heavy atom. The molecule has 0 heterocycles. The number of hydrogen-bond acceptors (Lipinski definition) is 4. The second-order valence-electron chi connectivity index (χ2n) is 6.63. The Kier molecular flexibility index (Phi) is 5.82. The lowest BCUT2D eigenvalue weighted by molar-refractivity contribution is 0.321. The first-order valence-electron chi connectivity index (χ1n) is 6.44. The third kappa shape index (κ3) is 5.48. The van der Waals surface area contributed by atoms with Crippen LogP contribution in [-0.4, -0.2) is 33.9 Å². The predicted octanol–water partition coefficient (Wildman–Crippen LogP) is 1.27. The van der Waals surface area contributed by atoms with Gasteiger partial charge in [0.2, 0.25) is 0 Å². The summed E-state index contributed by atoms with van der Waals surface area (Å²) >= 11 is 0. The van der Waals surface area contributed by atoms with Crippen molar-refractivity contribution < 1.29 is 0 Å². The molecular weight excluding hydrogens is 228 g/mol. The fraction of sp³-hybridized carbons (Fsp3) is 1.00. The van der Waals surface area contributed by atoms with Crippen LogP contribution in [0.15, 0.2) is 0 Å². The second kappa shape index (κ2) is 5.80. The van der Waals surface area contributed by atoms with E-state index in [0.717, 1.165) is 0 Å². The van der Waals surface area contributed by atoms with E-state index in [-0.39, 0.29) is 11.1 Å². The van der Waals surface area contributed by atoms with E-state index >= 15 is 0 Å². The highest BCUT2D eigenvalue weighted by Gasteiger charge is 2.41. The Balaban J connectivity index is 4.97. The molecule has 17 heavy (non-hydrogen) atoms. The van der Waals surface area contributed by atoms with Gasteiger partial charge in [-0.25, -0.2) is 0 Å². The maximum atomic E-state index is 3.77. The van der Waals surface area contributed by atoms with Crippen molar-refractivity contribution in [2.24, 2.45) is 5.92 Å². The van der Waals surface area contributed by atoms with E-state index in [1.54, 1.807) is 0 Å². The lowest BCUT2D eigenvalue weighted by Gasteiger charge is -2.44. The number of rotatable bonds is 6. The van der Waals surface area contributed by atoms with Crippen molar-refractivity contribution in [2.45, 2.75) is 59.5 Å². The van der Waals surface area contributed by atoms with Crippen LogP contribution in [0.2, 0.25) is 0 Å². The highest BCUT2D eigenvalue weighted by molar-refractivity contribution is 6.70. The average molecular weight is 261 g/mol. The molecule has 0 bridgehead atoms. The third-order valence-corrected chi connectivity index (χ3v) is 6.91. The van der Waals surface area contributed by atoms with Crippen molar-refractivity contribution in [3.63, 3.8) is 0 Å². The maximum absolute atomic E-state index is 3.77. The molecule has 0 radical (unpaired) electrons. The van der Waals surface area contributed by atoms with Gasteiger partial charge in [0.1, 0.15) is 0 Å². The first kappa shape index (κ1) is 17.1. The minimum atomic E-state index is -2.08. The Hall–Kier alpha value is 0.0569. The van der Waals surface area contributed by atoms with Crippen LogP contribution in [0.5, 0.6) is 0 Å². The van der Waals surface area contributed by atoms with Gasteiger partial charge in [0, 0.05) is 11.1 Å². The van der Waals surface area contributed by atoms with Crippen LogP contribution in [0, 0.1) is 5.92 Å². The van der Waals surface area contributed by atoms with Crippen LogP contribution in [0.1, 0.15) is 48.5 Å². The van der Waals surface area contributed by atoms with Gasteiger partial charge in [-0.05, 0) is 54.6 Å². The quantitative estimate of drug-likeness (QED) is 0.543. The summed E-state index contributed by atoms with van der Waals surface area (Å²) in [6, 6.07) is 0. The first-order valence-corrected chi connectivity index (χ1v) is 8.44. The van der Waals surface area contributed by atoms with Crippen molar-refractivity contribution in [2.75, 3.05) is 14.1 Å². The van der Waals surface area contributed by atoms with Crippen molar-refractivity contribution in [3.05, 3.63) is 0 Å². The average Bonchev–Trinajstić information content (AvgIpc) is 2.13. The molecule has 0 aliphatic carbocycles. The molecule has 0 fully saturated rings. The first-order chi connectivity index (χ1) is 7.48. The molecule has 0 amide bonds. The Morgan fingerprint density at radius 3 is 1.47 bits per heavy atom. The van der Waals surface area contributed by atoms with Gasteiger partial charge >= 0.3 is 8.72 Å². The molecule has 0 aliphatic heterocycles. The van der Waals surface area contributed by atoms with E-state index in [0.29, 0.717) is 5.92 Å². The smallest absolute Gasteiger partial charge is 0.303 e.